The van der Waals surface area contributed by atoms with Crippen molar-refractivity contribution in [3.63, 3.8) is 0 Å². The maximum absolute atomic E-state index is 12.7. The van der Waals surface area contributed by atoms with Crippen molar-refractivity contribution in [1.82, 2.24) is 9.88 Å². The first-order chi connectivity index (χ1) is 13.6. The highest BCUT2D eigenvalue weighted by atomic mass is 16.6. The van der Waals surface area contributed by atoms with Gasteiger partial charge in [0, 0.05) is 30.5 Å². The number of carbonyl (C=O) groups is 2. The molecule has 0 fully saturated rings. The van der Waals surface area contributed by atoms with E-state index in [1.165, 1.54) is 7.11 Å². The Kier molecular flexibility index (Phi) is 7.64. The molecule has 2 rings (SSSR count). The van der Waals surface area contributed by atoms with Crippen molar-refractivity contribution >= 4 is 28.5 Å². The van der Waals surface area contributed by atoms with Crippen LogP contribution in [0.15, 0.2) is 18.2 Å². The van der Waals surface area contributed by atoms with Crippen LogP contribution in [0.1, 0.15) is 31.3 Å². The molecule has 2 N–H and O–H groups in total. The molecule has 1 aromatic carbocycles. The Labute approximate surface area is 171 Å². The van der Waals surface area contributed by atoms with Gasteiger partial charge in [-0.3, -0.25) is 10.1 Å². The molecule has 0 spiro atoms. The zero-order valence-corrected chi connectivity index (χ0v) is 18.0. The summed E-state index contributed by atoms with van der Waals surface area (Å²) in [5, 5.41) is 3.50. The molecular formula is C21H31N3O5. The lowest BCUT2D eigenvalue weighted by molar-refractivity contribution is 0.0854. The van der Waals surface area contributed by atoms with Gasteiger partial charge < -0.3 is 24.1 Å². The lowest BCUT2D eigenvalue weighted by Crippen LogP contribution is -2.20. The lowest BCUT2D eigenvalue weighted by Gasteiger charge is -2.15. The van der Waals surface area contributed by atoms with Gasteiger partial charge in [0.1, 0.15) is 19.0 Å². The Morgan fingerprint density at radius 2 is 1.83 bits per heavy atom. The van der Waals surface area contributed by atoms with Crippen LogP contribution in [0.3, 0.4) is 0 Å². The molecule has 0 aliphatic rings. The van der Waals surface area contributed by atoms with Crippen molar-refractivity contribution in [1.29, 1.82) is 0 Å². The molecule has 0 radical (unpaired) electrons. The van der Waals surface area contributed by atoms with Gasteiger partial charge in [0.05, 0.1) is 23.5 Å². The van der Waals surface area contributed by atoms with Crippen molar-refractivity contribution in [2.75, 3.05) is 52.9 Å². The number of rotatable bonds is 9. The first-order valence-corrected chi connectivity index (χ1v) is 9.53. The summed E-state index contributed by atoms with van der Waals surface area (Å²) in [4.78, 5) is 30.0. The summed E-state index contributed by atoms with van der Waals surface area (Å²) in [5.41, 5.74) is 1.08. The Balaban J connectivity index is 2.34. The van der Waals surface area contributed by atoms with E-state index in [1.807, 2.05) is 45.8 Å². The Morgan fingerprint density at radius 3 is 2.45 bits per heavy atom. The molecule has 0 unspecified atom stereocenters. The van der Waals surface area contributed by atoms with Crippen molar-refractivity contribution in [3.05, 3.63) is 23.9 Å². The highest BCUT2D eigenvalue weighted by Gasteiger charge is 2.25. The van der Waals surface area contributed by atoms with Crippen LogP contribution in [-0.2, 0) is 9.47 Å². The number of hydrogen-bond acceptors (Lipinski definition) is 6. The maximum atomic E-state index is 12.7. The molecular weight excluding hydrogens is 374 g/mol. The van der Waals surface area contributed by atoms with Gasteiger partial charge in [0.25, 0.3) is 0 Å². The van der Waals surface area contributed by atoms with E-state index in [4.69, 9.17) is 14.2 Å². The summed E-state index contributed by atoms with van der Waals surface area (Å²) in [6.45, 7) is 7.29. The van der Waals surface area contributed by atoms with Crippen LogP contribution in [0, 0.1) is 5.41 Å². The monoisotopic (exact) mass is 405 g/mol. The summed E-state index contributed by atoms with van der Waals surface area (Å²) in [6, 6.07) is 5.35. The number of fused-ring (bicyclic) bond motifs is 1. The van der Waals surface area contributed by atoms with Crippen LogP contribution in [0.2, 0.25) is 0 Å². The van der Waals surface area contributed by atoms with Gasteiger partial charge in [-0.2, -0.15) is 0 Å². The third-order valence-electron chi connectivity index (χ3n) is 4.19. The molecule has 0 aliphatic carbocycles. The number of aromatic amines is 1. The highest BCUT2D eigenvalue weighted by Crippen LogP contribution is 2.32. The van der Waals surface area contributed by atoms with E-state index >= 15 is 0 Å². The fraction of sp³-hybridized carbons (Fsp3) is 0.524. The van der Waals surface area contributed by atoms with Gasteiger partial charge in [-0.15, -0.1) is 0 Å². The van der Waals surface area contributed by atoms with E-state index < -0.39 is 11.5 Å². The number of Topliss-reactive ketones (excluding diaryl/α,β-unsaturated/α-hetero) is 1. The smallest absolute Gasteiger partial charge is 0.411 e. The van der Waals surface area contributed by atoms with Gasteiger partial charge in [-0.05, 0) is 26.2 Å². The number of ether oxygens (including phenoxy) is 3. The molecule has 2 aromatic rings. The van der Waals surface area contributed by atoms with Crippen molar-refractivity contribution in [2.45, 2.75) is 20.8 Å². The van der Waals surface area contributed by atoms with E-state index in [0.29, 0.717) is 35.9 Å². The van der Waals surface area contributed by atoms with E-state index in [0.717, 1.165) is 11.9 Å². The summed E-state index contributed by atoms with van der Waals surface area (Å²) < 4.78 is 15.8. The minimum atomic E-state index is -0.605. The zero-order chi connectivity index (χ0) is 21.6. The number of aromatic nitrogens is 1. The number of nitrogens with one attached hydrogen (secondary N) is 2. The van der Waals surface area contributed by atoms with E-state index in [1.54, 1.807) is 12.1 Å². The largest absolute Gasteiger partial charge is 0.492 e. The van der Waals surface area contributed by atoms with E-state index in [2.05, 4.69) is 10.3 Å². The quantitative estimate of drug-likeness (QED) is 0.490. The normalized spacial score (nSPS) is 11.7. The maximum Gasteiger partial charge on any atom is 0.411 e. The van der Waals surface area contributed by atoms with Crippen molar-refractivity contribution < 1.29 is 23.8 Å². The summed E-state index contributed by atoms with van der Waals surface area (Å²) >= 11 is 0. The third-order valence-corrected chi connectivity index (χ3v) is 4.19. The molecule has 8 heteroatoms. The average molecular weight is 405 g/mol. The van der Waals surface area contributed by atoms with Gasteiger partial charge in [0.2, 0.25) is 0 Å². The van der Waals surface area contributed by atoms with Crippen LogP contribution < -0.4 is 10.1 Å². The molecule has 0 aliphatic heterocycles. The number of carbonyl (C=O) groups excluding carboxylic acids is 2. The number of H-pyrrole nitrogens is 1. The topological polar surface area (TPSA) is 92.9 Å². The predicted molar refractivity (Wildman–Crippen MR) is 113 cm³/mol. The second kappa shape index (κ2) is 9.76. The van der Waals surface area contributed by atoms with Gasteiger partial charge in [-0.1, -0.05) is 20.8 Å². The second-order valence-corrected chi connectivity index (χ2v) is 8.10. The van der Waals surface area contributed by atoms with Crippen LogP contribution >= 0.6 is 0 Å². The number of nitrogens with zero attached hydrogens (tertiary/aromatic N) is 1. The molecule has 160 valence electrons. The van der Waals surface area contributed by atoms with Gasteiger partial charge in [-0.25, -0.2) is 4.79 Å². The average Bonchev–Trinajstić information content (AvgIpc) is 3.04. The van der Waals surface area contributed by atoms with Gasteiger partial charge in [0.15, 0.2) is 5.78 Å². The number of benzene rings is 1. The molecule has 0 atom stereocenters. The second-order valence-electron chi connectivity index (χ2n) is 8.10. The number of ketones is 1. The molecule has 1 heterocycles. The minimum absolute atomic E-state index is 0.0163. The molecule has 0 bridgehead atoms. The summed E-state index contributed by atoms with van der Waals surface area (Å²) in [7, 11) is 5.46. The van der Waals surface area contributed by atoms with Crippen LogP contribution in [-0.4, -0.2) is 69.3 Å². The highest BCUT2D eigenvalue weighted by molar-refractivity contribution is 6.06. The molecule has 0 saturated heterocycles. The molecule has 29 heavy (non-hydrogen) atoms. The van der Waals surface area contributed by atoms with E-state index in [9.17, 15) is 9.59 Å². The SMILES string of the molecule is COCCOC(=O)Nc1cc(OCCN(C)C)cc2cc(C(=O)C(C)(C)C)[nH]c12. The van der Waals surface area contributed by atoms with Crippen LogP contribution in [0.4, 0.5) is 10.5 Å². The fourth-order valence-corrected chi connectivity index (χ4v) is 2.63. The standard InChI is InChI=1S/C21H31N3O5/c1-21(2,3)19(25)17-12-14-11-15(28-8-7-24(4)5)13-16(18(14)22-17)23-20(26)29-10-9-27-6/h11-13,22H,7-10H2,1-6H3,(H,23,26). The third kappa shape index (κ3) is 6.47. The number of hydrogen-bond donors (Lipinski definition) is 2. The lowest BCUT2D eigenvalue weighted by atomic mass is 9.89. The molecule has 1 aromatic heterocycles. The number of amides is 1. The van der Waals surface area contributed by atoms with Gasteiger partial charge >= 0.3 is 6.09 Å². The molecule has 1 amide bonds. The van der Waals surface area contributed by atoms with Crippen LogP contribution in [0.25, 0.3) is 10.9 Å². The Hall–Kier alpha value is -2.58. The zero-order valence-electron chi connectivity index (χ0n) is 18.0. The summed E-state index contributed by atoms with van der Waals surface area (Å²) in [5.74, 6) is 0.581. The first kappa shape index (κ1) is 22.7. The Morgan fingerprint density at radius 1 is 1.10 bits per heavy atom. The van der Waals surface area contributed by atoms with Crippen molar-refractivity contribution in [2.24, 2.45) is 5.41 Å². The number of likely N-dealkylation sites (N-methyl/N-ethyl adjacent to an activating group) is 1. The first-order valence-electron chi connectivity index (χ1n) is 9.53. The Bertz CT molecular complexity index is 852. The van der Waals surface area contributed by atoms with E-state index in [-0.39, 0.29) is 12.4 Å². The fourth-order valence-electron chi connectivity index (χ4n) is 2.63. The number of methoxy groups -OCH3 is 1. The summed E-state index contributed by atoms with van der Waals surface area (Å²) in [6.07, 6.45) is -0.605. The molecule has 0 saturated carbocycles. The van der Waals surface area contributed by atoms with Crippen molar-refractivity contribution in [3.8, 4) is 5.75 Å². The predicted octanol–water partition coefficient (Wildman–Crippen LogP) is 3.53. The number of anilines is 1. The van der Waals surface area contributed by atoms with Crippen LogP contribution in [0.5, 0.6) is 5.75 Å². The minimum Gasteiger partial charge on any atom is -0.492 e. The molecule has 8 nitrogen and oxygen atoms in total.